The molecule has 0 spiro atoms. The van der Waals surface area contributed by atoms with Gasteiger partial charge in [-0.1, -0.05) is 29.9 Å². The fourth-order valence-electron chi connectivity index (χ4n) is 4.10. The van der Waals surface area contributed by atoms with Crippen molar-refractivity contribution >= 4 is 46.1 Å². The minimum atomic E-state index is -0.300. The highest BCUT2D eigenvalue weighted by Gasteiger charge is 2.21. The molecule has 1 amide bonds. The number of amides is 1. The van der Waals surface area contributed by atoms with Gasteiger partial charge >= 0.3 is 0 Å². The summed E-state index contributed by atoms with van der Waals surface area (Å²) in [6, 6.07) is 17.4. The summed E-state index contributed by atoms with van der Waals surface area (Å²) in [5.41, 5.74) is 3.29. The van der Waals surface area contributed by atoms with E-state index in [1.54, 1.807) is 36.4 Å². The maximum absolute atomic E-state index is 13.2. The summed E-state index contributed by atoms with van der Waals surface area (Å²) in [7, 11) is 0. The number of rotatable bonds is 8. The van der Waals surface area contributed by atoms with Crippen LogP contribution >= 0.6 is 23.8 Å². The fourth-order valence-corrected chi connectivity index (χ4v) is 4.59. The Kier molecular flexibility index (Phi) is 8.84. The lowest BCUT2D eigenvalue weighted by molar-refractivity contribution is -0.118. The molecule has 0 bridgehead atoms. The fraction of sp³-hybridized carbons (Fsp3) is 0.286. The van der Waals surface area contributed by atoms with Crippen LogP contribution in [0.2, 0.25) is 5.02 Å². The highest BCUT2D eigenvalue weighted by Crippen LogP contribution is 2.30. The van der Waals surface area contributed by atoms with Gasteiger partial charge in [0.1, 0.15) is 10.8 Å². The molecule has 9 heteroatoms. The summed E-state index contributed by atoms with van der Waals surface area (Å²) in [5, 5.41) is 3.41. The van der Waals surface area contributed by atoms with E-state index in [2.05, 4.69) is 15.1 Å². The number of halogens is 2. The Balaban J connectivity index is 1.37. The van der Waals surface area contributed by atoms with Gasteiger partial charge in [0.25, 0.3) is 5.91 Å². The van der Waals surface area contributed by atoms with Gasteiger partial charge in [0.15, 0.2) is 18.1 Å². The first-order chi connectivity index (χ1) is 17.9. The summed E-state index contributed by atoms with van der Waals surface area (Å²) in [5.74, 6) is 0.455. The van der Waals surface area contributed by atoms with Crippen molar-refractivity contribution in [3.8, 4) is 11.5 Å². The Morgan fingerprint density at radius 3 is 2.46 bits per heavy atom. The number of ether oxygens (including phenoxy) is 2. The largest absolute Gasteiger partial charge is 0.490 e. The number of nitrogens with zero attached hydrogens (tertiary/aromatic N) is 2. The van der Waals surface area contributed by atoms with Crippen LogP contribution in [0.15, 0.2) is 60.7 Å². The average molecular weight is 542 g/mol. The molecule has 37 heavy (non-hydrogen) atoms. The van der Waals surface area contributed by atoms with E-state index in [1.165, 1.54) is 12.1 Å². The summed E-state index contributed by atoms with van der Waals surface area (Å²) in [4.78, 5) is 17.6. The Labute approximate surface area is 226 Å². The van der Waals surface area contributed by atoms with Gasteiger partial charge in [-0.2, -0.15) is 0 Å². The van der Waals surface area contributed by atoms with Crippen LogP contribution in [0.1, 0.15) is 18.1 Å². The third-order valence-electron chi connectivity index (χ3n) is 6.15. The molecular weight excluding hydrogens is 513 g/mol. The van der Waals surface area contributed by atoms with E-state index in [9.17, 15) is 9.18 Å². The summed E-state index contributed by atoms with van der Waals surface area (Å²) in [6.45, 7) is 7.06. The van der Waals surface area contributed by atoms with Gasteiger partial charge in [0, 0.05) is 48.1 Å². The number of hydrogen-bond donors (Lipinski definition) is 1. The zero-order valence-electron chi connectivity index (χ0n) is 20.8. The molecule has 0 atom stereocenters. The van der Waals surface area contributed by atoms with Crippen LogP contribution in [0.5, 0.6) is 11.5 Å². The third-order valence-corrected chi connectivity index (χ3v) is 7.05. The van der Waals surface area contributed by atoms with Crippen LogP contribution in [-0.2, 0) is 4.79 Å². The molecule has 6 nitrogen and oxygen atoms in total. The van der Waals surface area contributed by atoms with Crippen molar-refractivity contribution in [2.45, 2.75) is 13.8 Å². The molecule has 0 saturated carbocycles. The van der Waals surface area contributed by atoms with Gasteiger partial charge < -0.3 is 24.6 Å². The number of thiocarbonyl (C=S) groups is 1. The predicted octanol–water partition coefficient (Wildman–Crippen LogP) is 5.70. The molecule has 1 fully saturated rings. The van der Waals surface area contributed by atoms with E-state index in [0.717, 1.165) is 48.0 Å². The maximum Gasteiger partial charge on any atom is 0.262 e. The summed E-state index contributed by atoms with van der Waals surface area (Å²) in [6.07, 6.45) is 0. The lowest BCUT2D eigenvalue weighted by Gasteiger charge is -2.37. The van der Waals surface area contributed by atoms with Gasteiger partial charge in [0.05, 0.1) is 6.61 Å². The van der Waals surface area contributed by atoms with Crippen molar-refractivity contribution in [2.75, 3.05) is 49.6 Å². The topological polar surface area (TPSA) is 54.0 Å². The zero-order chi connectivity index (χ0) is 26.4. The Morgan fingerprint density at radius 2 is 1.76 bits per heavy atom. The molecule has 1 aliphatic heterocycles. The zero-order valence-corrected chi connectivity index (χ0v) is 22.4. The second-order valence-corrected chi connectivity index (χ2v) is 9.39. The second-order valence-electron chi connectivity index (χ2n) is 8.60. The van der Waals surface area contributed by atoms with Crippen LogP contribution in [0.3, 0.4) is 0 Å². The molecule has 3 aromatic rings. The van der Waals surface area contributed by atoms with Gasteiger partial charge in [-0.25, -0.2) is 4.39 Å². The van der Waals surface area contributed by atoms with Crippen molar-refractivity contribution in [2.24, 2.45) is 0 Å². The minimum Gasteiger partial charge on any atom is -0.490 e. The molecule has 0 unspecified atom stereocenters. The predicted molar refractivity (Wildman–Crippen MR) is 150 cm³/mol. The highest BCUT2D eigenvalue weighted by atomic mass is 35.5. The Hall–Kier alpha value is -3.36. The van der Waals surface area contributed by atoms with Gasteiger partial charge in [-0.05, 0) is 74.0 Å². The van der Waals surface area contributed by atoms with Gasteiger partial charge in [0.2, 0.25) is 0 Å². The number of carbonyl (C=O) groups is 1. The van der Waals surface area contributed by atoms with Crippen LogP contribution in [0, 0.1) is 12.7 Å². The number of benzene rings is 3. The van der Waals surface area contributed by atoms with E-state index in [4.69, 9.17) is 33.3 Å². The van der Waals surface area contributed by atoms with E-state index >= 15 is 0 Å². The Morgan fingerprint density at radius 1 is 1.03 bits per heavy atom. The lowest BCUT2D eigenvalue weighted by atomic mass is 10.1. The van der Waals surface area contributed by atoms with E-state index in [0.29, 0.717) is 28.8 Å². The molecule has 1 saturated heterocycles. The van der Waals surface area contributed by atoms with Crippen molar-refractivity contribution in [3.63, 3.8) is 0 Å². The maximum atomic E-state index is 13.2. The summed E-state index contributed by atoms with van der Waals surface area (Å²) < 4.78 is 24.8. The summed E-state index contributed by atoms with van der Waals surface area (Å²) >= 11 is 11.9. The van der Waals surface area contributed by atoms with Gasteiger partial charge in [-0.3, -0.25) is 4.79 Å². The van der Waals surface area contributed by atoms with E-state index in [1.807, 2.05) is 26.0 Å². The van der Waals surface area contributed by atoms with Crippen LogP contribution in [-0.4, -0.2) is 55.2 Å². The second kappa shape index (κ2) is 12.3. The molecule has 1 N–H and O–H groups in total. The van der Waals surface area contributed by atoms with Crippen molar-refractivity contribution in [3.05, 3.63) is 82.6 Å². The molecule has 1 heterocycles. The standard InChI is InChI=1S/C28H29ClFN3O3S/c1-3-35-26-17-20(28(37)33-15-13-32(14-16-33)22-10-8-21(30)9-11-22)7-12-25(26)36-18-27(34)31-24-6-4-5-23(29)19(24)2/h4-12,17H,3,13-16,18H2,1-2H3,(H,31,34). The monoisotopic (exact) mass is 541 g/mol. The number of anilines is 2. The normalized spacial score (nSPS) is 13.3. The number of hydrogen-bond acceptors (Lipinski definition) is 5. The number of carbonyl (C=O) groups excluding carboxylic acids is 1. The highest BCUT2D eigenvalue weighted by molar-refractivity contribution is 7.80. The smallest absolute Gasteiger partial charge is 0.262 e. The molecule has 0 radical (unpaired) electrons. The molecular formula is C28H29ClFN3O3S. The third kappa shape index (κ3) is 6.70. The van der Waals surface area contributed by atoms with E-state index in [-0.39, 0.29) is 18.3 Å². The molecule has 1 aliphatic rings. The first-order valence-electron chi connectivity index (χ1n) is 12.1. The minimum absolute atomic E-state index is 0.179. The van der Waals surface area contributed by atoms with E-state index < -0.39 is 0 Å². The molecule has 0 aliphatic carbocycles. The number of nitrogens with one attached hydrogen (secondary N) is 1. The lowest BCUT2D eigenvalue weighted by Crippen LogP contribution is -2.48. The molecule has 0 aromatic heterocycles. The quantitative estimate of drug-likeness (QED) is 0.369. The first-order valence-corrected chi connectivity index (χ1v) is 12.9. The molecule has 194 valence electrons. The van der Waals surface area contributed by atoms with Crippen molar-refractivity contribution in [1.82, 2.24) is 4.90 Å². The van der Waals surface area contributed by atoms with Crippen LogP contribution in [0.4, 0.5) is 15.8 Å². The van der Waals surface area contributed by atoms with Crippen LogP contribution < -0.4 is 19.7 Å². The molecule has 3 aromatic carbocycles. The average Bonchev–Trinajstić information content (AvgIpc) is 2.91. The van der Waals surface area contributed by atoms with Gasteiger partial charge in [-0.15, -0.1) is 0 Å². The van der Waals surface area contributed by atoms with Crippen molar-refractivity contribution < 1.29 is 18.7 Å². The van der Waals surface area contributed by atoms with Crippen LogP contribution in [0.25, 0.3) is 0 Å². The Bertz CT molecular complexity index is 1260. The SMILES string of the molecule is CCOc1cc(C(=S)N2CCN(c3ccc(F)cc3)CC2)ccc1OCC(=O)Nc1cccc(Cl)c1C. The van der Waals surface area contributed by atoms with Crippen molar-refractivity contribution in [1.29, 1.82) is 0 Å². The number of piperazine rings is 1. The first kappa shape index (κ1) is 26.7. The molecule has 4 rings (SSSR count).